The molecule has 152 valence electrons. The number of unbranched alkanes of at least 4 members (excludes halogenated alkanes) is 14. The summed E-state index contributed by atoms with van der Waals surface area (Å²) >= 11 is 0. The van der Waals surface area contributed by atoms with Crippen LogP contribution in [-0.4, -0.2) is 17.4 Å². The van der Waals surface area contributed by atoms with Crippen LogP contribution in [0.2, 0.25) is 0 Å². The van der Waals surface area contributed by atoms with Gasteiger partial charge in [-0.25, -0.2) is 0 Å². The first-order chi connectivity index (χ1) is 12.7. The molecule has 1 atom stereocenters. The van der Waals surface area contributed by atoms with Crippen molar-refractivity contribution >= 4 is 6.15 Å². The first-order valence-corrected chi connectivity index (χ1v) is 10.9. The van der Waals surface area contributed by atoms with E-state index >= 15 is 0 Å². The molecular formula is C23H42O3. The molecule has 0 heterocycles. The van der Waals surface area contributed by atoms with Gasteiger partial charge in [-0.2, -0.15) is 9.59 Å². The van der Waals surface area contributed by atoms with E-state index in [1.54, 1.807) is 0 Å². The average molecular weight is 367 g/mol. The van der Waals surface area contributed by atoms with E-state index in [0.717, 1.165) is 25.7 Å². The van der Waals surface area contributed by atoms with Crippen LogP contribution in [0.15, 0.2) is 0 Å². The van der Waals surface area contributed by atoms with Gasteiger partial charge in [0.2, 0.25) is 0 Å². The third-order valence-corrected chi connectivity index (χ3v) is 4.47. The van der Waals surface area contributed by atoms with E-state index < -0.39 is 0 Å². The minimum atomic E-state index is -0.390. The smallest absolute Gasteiger partial charge is 0.373 e. The zero-order valence-corrected chi connectivity index (χ0v) is 17.4. The fourth-order valence-corrected chi connectivity index (χ4v) is 2.92. The lowest BCUT2D eigenvalue weighted by molar-refractivity contribution is -0.191. The second-order valence-corrected chi connectivity index (χ2v) is 7.06. The number of hydrogen-bond acceptors (Lipinski definition) is 3. The standard InChI is InChI=1S/C22H42O.CO2/c1-3-5-7-8-9-10-11-12-13-14-15-16-17-19-21-22(23)20-18-6-4-2;2-1-3/h22-23H,3-17,19,21H2,1-2H3;/t22-;/m0./s1. The van der Waals surface area contributed by atoms with Crippen LogP contribution in [0, 0.1) is 11.8 Å². The number of hydrogen-bond donors (Lipinski definition) is 1. The molecule has 0 unspecified atom stereocenters. The van der Waals surface area contributed by atoms with Crippen LogP contribution in [0.4, 0.5) is 0 Å². The molecule has 0 aromatic carbocycles. The SMILES string of the molecule is CCCC#C[C@H](O)CCCCCCCCCCCCCCCC.O=C=O. The van der Waals surface area contributed by atoms with Gasteiger partial charge in [0.1, 0.15) is 6.10 Å². The molecule has 0 aliphatic rings. The van der Waals surface area contributed by atoms with Gasteiger partial charge in [-0.3, -0.25) is 0 Å². The molecule has 1 N–H and O–H groups in total. The predicted molar refractivity (Wildman–Crippen MR) is 109 cm³/mol. The molecule has 3 heteroatoms. The van der Waals surface area contributed by atoms with Gasteiger partial charge < -0.3 is 5.11 Å². The fourth-order valence-electron chi connectivity index (χ4n) is 2.92. The maximum Gasteiger partial charge on any atom is 0.373 e. The van der Waals surface area contributed by atoms with Crippen molar-refractivity contribution in [3.63, 3.8) is 0 Å². The predicted octanol–water partition coefficient (Wildman–Crippen LogP) is 6.44. The van der Waals surface area contributed by atoms with E-state index in [1.165, 1.54) is 83.5 Å². The second kappa shape index (κ2) is 26.1. The Kier molecular flexibility index (Phi) is 27.3. The molecule has 0 fully saturated rings. The van der Waals surface area contributed by atoms with Gasteiger partial charge in [0.05, 0.1) is 0 Å². The number of rotatable bonds is 16. The van der Waals surface area contributed by atoms with E-state index in [1.807, 2.05) is 0 Å². The Labute approximate surface area is 162 Å². The van der Waals surface area contributed by atoms with Crippen molar-refractivity contribution in [2.75, 3.05) is 0 Å². The van der Waals surface area contributed by atoms with Crippen molar-refractivity contribution in [2.45, 2.75) is 129 Å². The summed E-state index contributed by atoms with van der Waals surface area (Å²) in [7, 11) is 0. The molecule has 0 aromatic rings. The highest BCUT2D eigenvalue weighted by Gasteiger charge is 1.99. The monoisotopic (exact) mass is 366 g/mol. The fraction of sp³-hybridized carbons (Fsp3) is 0.870. The molecule has 0 amide bonds. The molecule has 0 saturated heterocycles. The third-order valence-electron chi connectivity index (χ3n) is 4.47. The van der Waals surface area contributed by atoms with Crippen LogP contribution in [0.1, 0.15) is 123 Å². The first-order valence-electron chi connectivity index (χ1n) is 10.9. The van der Waals surface area contributed by atoms with Crippen LogP contribution < -0.4 is 0 Å². The molecule has 3 nitrogen and oxygen atoms in total. The minimum Gasteiger partial charge on any atom is -0.380 e. The molecular weight excluding hydrogens is 324 g/mol. The largest absolute Gasteiger partial charge is 0.380 e. The second-order valence-electron chi connectivity index (χ2n) is 7.06. The zero-order chi connectivity index (χ0) is 19.7. The first kappa shape index (κ1) is 27.1. The lowest BCUT2D eigenvalue weighted by Crippen LogP contribution is -2.02. The molecule has 0 aromatic heterocycles. The Balaban J connectivity index is 0. The van der Waals surface area contributed by atoms with Gasteiger partial charge in [-0.1, -0.05) is 103 Å². The topological polar surface area (TPSA) is 54.4 Å². The van der Waals surface area contributed by atoms with Gasteiger partial charge in [0.25, 0.3) is 0 Å². The Morgan fingerprint density at radius 2 is 1.04 bits per heavy atom. The molecule has 0 aliphatic carbocycles. The zero-order valence-electron chi connectivity index (χ0n) is 17.4. The third kappa shape index (κ3) is 27.7. The summed E-state index contributed by atoms with van der Waals surface area (Å²) in [5, 5.41) is 9.69. The average Bonchev–Trinajstić information content (AvgIpc) is 2.63. The van der Waals surface area contributed by atoms with Crippen LogP contribution >= 0.6 is 0 Å². The van der Waals surface area contributed by atoms with E-state index in [4.69, 9.17) is 9.59 Å². The Morgan fingerprint density at radius 1 is 0.654 bits per heavy atom. The Bertz CT molecular complexity index is 348. The summed E-state index contributed by atoms with van der Waals surface area (Å²) in [6.45, 7) is 4.40. The van der Waals surface area contributed by atoms with Crippen LogP contribution in [0.25, 0.3) is 0 Å². The quantitative estimate of drug-likeness (QED) is 0.253. The maximum absolute atomic E-state index is 9.69. The molecule has 26 heavy (non-hydrogen) atoms. The summed E-state index contributed by atoms with van der Waals surface area (Å²) < 4.78 is 0. The number of aliphatic hydroxyl groups excluding tert-OH is 1. The normalized spacial score (nSPS) is 10.9. The van der Waals surface area contributed by atoms with Gasteiger partial charge in [-0.15, -0.1) is 5.92 Å². The van der Waals surface area contributed by atoms with E-state index in [9.17, 15) is 5.11 Å². The van der Waals surface area contributed by atoms with Crippen molar-refractivity contribution in [1.82, 2.24) is 0 Å². The van der Waals surface area contributed by atoms with Crippen LogP contribution in [-0.2, 0) is 9.59 Å². The van der Waals surface area contributed by atoms with E-state index in [2.05, 4.69) is 25.7 Å². The van der Waals surface area contributed by atoms with Crippen LogP contribution in [0.5, 0.6) is 0 Å². The van der Waals surface area contributed by atoms with Crippen LogP contribution in [0.3, 0.4) is 0 Å². The van der Waals surface area contributed by atoms with Crippen molar-refractivity contribution in [1.29, 1.82) is 0 Å². The van der Waals surface area contributed by atoms with Gasteiger partial charge >= 0.3 is 6.15 Å². The highest BCUT2D eigenvalue weighted by atomic mass is 16.3. The number of carbonyl (C=O) groups excluding carboxylic acids is 2. The summed E-state index contributed by atoms with van der Waals surface area (Å²) in [5.41, 5.74) is 0. The summed E-state index contributed by atoms with van der Waals surface area (Å²) in [4.78, 5) is 16.2. The molecule has 0 rings (SSSR count). The number of aliphatic hydroxyl groups is 1. The Morgan fingerprint density at radius 3 is 1.42 bits per heavy atom. The molecule has 0 radical (unpaired) electrons. The van der Waals surface area contributed by atoms with Gasteiger partial charge in [0.15, 0.2) is 0 Å². The van der Waals surface area contributed by atoms with Crippen molar-refractivity contribution in [2.24, 2.45) is 0 Å². The summed E-state index contributed by atoms with van der Waals surface area (Å²) in [6.07, 6.45) is 22.0. The van der Waals surface area contributed by atoms with Crippen molar-refractivity contribution in [3.05, 3.63) is 0 Å². The lowest BCUT2D eigenvalue weighted by atomic mass is 10.0. The molecule has 0 spiro atoms. The van der Waals surface area contributed by atoms with Gasteiger partial charge in [0, 0.05) is 6.42 Å². The summed E-state index contributed by atoms with van der Waals surface area (Å²) in [6, 6.07) is 0. The Hall–Kier alpha value is -1.10. The van der Waals surface area contributed by atoms with Crippen molar-refractivity contribution < 1.29 is 14.7 Å². The van der Waals surface area contributed by atoms with E-state index in [0.29, 0.717) is 0 Å². The molecule has 0 saturated carbocycles. The minimum absolute atomic E-state index is 0.250. The lowest BCUT2D eigenvalue weighted by Gasteiger charge is -2.04. The molecule has 0 aliphatic heterocycles. The van der Waals surface area contributed by atoms with Gasteiger partial charge in [-0.05, 0) is 19.3 Å². The van der Waals surface area contributed by atoms with E-state index in [-0.39, 0.29) is 12.3 Å². The maximum atomic E-state index is 9.69. The summed E-state index contributed by atoms with van der Waals surface area (Å²) in [5.74, 6) is 5.97. The van der Waals surface area contributed by atoms with Crippen molar-refractivity contribution in [3.8, 4) is 11.8 Å². The molecule has 0 bridgehead atoms. The highest BCUT2D eigenvalue weighted by molar-refractivity contribution is 5.20. The highest BCUT2D eigenvalue weighted by Crippen LogP contribution is 2.13.